The van der Waals surface area contributed by atoms with Crippen molar-refractivity contribution in [2.24, 2.45) is 0 Å². The molecule has 0 unspecified atom stereocenters. The van der Waals surface area contributed by atoms with Crippen LogP contribution in [-0.2, 0) is 14.8 Å². The third-order valence-corrected chi connectivity index (χ3v) is 7.68. The molecule has 0 aromatic heterocycles. The van der Waals surface area contributed by atoms with Crippen molar-refractivity contribution in [3.05, 3.63) is 59.2 Å². The fourth-order valence-electron chi connectivity index (χ4n) is 3.55. The van der Waals surface area contributed by atoms with Crippen LogP contribution in [0.2, 0.25) is 0 Å². The zero-order chi connectivity index (χ0) is 23.5. The normalized spacial score (nSPS) is 15.4. The summed E-state index contributed by atoms with van der Waals surface area (Å²) >= 11 is 0. The van der Waals surface area contributed by atoms with E-state index in [2.05, 4.69) is 10.2 Å². The van der Waals surface area contributed by atoms with Gasteiger partial charge in [0.25, 0.3) is 5.91 Å². The minimum atomic E-state index is -3.68. The molecule has 1 N–H and O–H groups in total. The highest BCUT2D eigenvalue weighted by atomic mass is 32.2. The molecule has 1 aliphatic rings. The highest BCUT2D eigenvalue weighted by Gasteiger charge is 2.28. The van der Waals surface area contributed by atoms with Crippen molar-refractivity contribution in [3.63, 3.8) is 0 Å². The summed E-state index contributed by atoms with van der Waals surface area (Å²) in [6.07, 6.45) is 0. The van der Waals surface area contributed by atoms with Crippen molar-refractivity contribution < 1.29 is 18.0 Å². The lowest BCUT2D eigenvalue weighted by Gasteiger charge is -2.31. The Labute approximate surface area is 189 Å². The van der Waals surface area contributed by atoms with Crippen LogP contribution in [0.3, 0.4) is 0 Å². The molecular formula is C23H30N4O4S. The van der Waals surface area contributed by atoms with E-state index in [1.54, 1.807) is 12.1 Å². The summed E-state index contributed by atoms with van der Waals surface area (Å²) in [6.45, 7) is 5.88. The molecular weight excluding hydrogens is 428 g/mol. The molecule has 0 saturated carbocycles. The van der Waals surface area contributed by atoms with Crippen LogP contribution in [-0.4, -0.2) is 81.2 Å². The summed E-state index contributed by atoms with van der Waals surface area (Å²) in [6, 6.07) is 11.6. The van der Waals surface area contributed by atoms with E-state index in [1.165, 1.54) is 28.4 Å². The summed E-state index contributed by atoms with van der Waals surface area (Å²) in [7, 11) is -0.209. The Morgan fingerprint density at radius 3 is 2.38 bits per heavy atom. The van der Waals surface area contributed by atoms with Crippen LogP contribution in [0.25, 0.3) is 0 Å². The smallest absolute Gasteiger partial charge is 0.254 e. The lowest BCUT2D eigenvalue weighted by atomic mass is 10.1. The maximum absolute atomic E-state index is 13.0. The molecule has 1 aliphatic heterocycles. The number of likely N-dealkylation sites (N-methyl/N-ethyl adjacent to an activating group) is 2. The molecule has 1 fully saturated rings. The first-order valence-corrected chi connectivity index (χ1v) is 11.9. The minimum absolute atomic E-state index is 0.0844. The van der Waals surface area contributed by atoms with E-state index in [0.29, 0.717) is 31.9 Å². The number of benzene rings is 2. The van der Waals surface area contributed by atoms with Crippen molar-refractivity contribution in [3.8, 4) is 0 Å². The number of sulfonamides is 1. The molecule has 0 atom stereocenters. The van der Waals surface area contributed by atoms with Crippen molar-refractivity contribution in [2.75, 3.05) is 52.1 Å². The van der Waals surface area contributed by atoms with E-state index in [4.69, 9.17) is 0 Å². The van der Waals surface area contributed by atoms with Crippen LogP contribution < -0.4 is 5.32 Å². The molecule has 0 bridgehead atoms. The van der Waals surface area contributed by atoms with Gasteiger partial charge in [-0.3, -0.25) is 9.59 Å². The predicted molar refractivity (Wildman–Crippen MR) is 124 cm³/mol. The molecule has 32 heavy (non-hydrogen) atoms. The summed E-state index contributed by atoms with van der Waals surface area (Å²) in [4.78, 5) is 28.8. The van der Waals surface area contributed by atoms with Crippen LogP contribution >= 0.6 is 0 Å². The Morgan fingerprint density at radius 2 is 1.69 bits per heavy atom. The molecule has 9 heteroatoms. The van der Waals surface area contributed by atoms with E-state index in [0.717, 1.165) is 11.1 Å². The quantitative estimate of drug-likeness (QED) is 0.715. The maximum Gasteiger partial charge on any atom is 0.254 e. The summed E-state index contributed by atoms with van der Waals surface area (Å²) in [5, 5.41) is 2.83. The van der Waals surface area contributed by atoms with E-state index < -0.39 is 15.9 Å². The monoisotopic (exact) mass is 458 g/mol. The maximum atomic E-state index is 13.0. The molecule has 3 rings (SSSR count). The van der Waals surface area contributed by atoms with Gasteiger partial charge in [0.15, 0.2) is 0 Å². The van der Waals surface area contributed by atoms with Crippen LogP contribution in [0, 0.1) is 13.8 Å². The lowest BCUT2D eigenvalue weighted by Crippen LogP contribution is -2.47. The molecule has 1 heterocycles. The molecule has 0 radical (unpaired) electrons. The van der Waals surface area contributed by atoms with Crippen LogP contribution in [0.1, 0.15) is 21.5 Å². The van der Waals surface area contributed by atoms with Gasteiger partial charge in [0.2, 0.25) is 15.9 Å². The number of amides is 2. The van der Waals surface area contributed by atoms with Gasteiger partial charge in [-0.2, -0.15) is 4.31 Å². The van der Waals surface area contributed by atoms with Gasteiger partial charge in [0.1, 0.15) is 0 Å². The Balaban J connectivity index is 1.69. The molecule has 2 amide bonds. The molecule has 2 aromatic carbocycles. The van der Waals surface area contributed by atoms with Gasteiger partial charge < -0.3 is 15.1 Å². The van der Waals surface area contributed by atoms with Gasteiger partial charge in [-0.25, -0.2) is 8.42 Å². The molecule has 2 aromatic rings. The van der Waals surface area contributed by atoms with Crippen molar-refractivity contribution >= 4 is 27.5 Å². The lowest BCUT2D eigenvalue weighted by molar-refractivity contribution is -0.116. The zero-order valence-corrected chi connectivity index (χ0v) is 19.8. The summed E-state index contributed by atoms with van der Waals surface area (Å²) in [5.74, 6) is -0.743. The topological polar surface area (TPSA) is 90.0 Å². The van der Waals surface area contributed by atoms with Gasteiger partial charge in [-0.15, -0.1) is 0 Å². The van der Waals surface area contributed by atoms with Crippen LogP contribution in [0.5, 0.6) is 0 Å². The number of hydrogen-bond donors (Lipinski definition) is 1. The van der Waals surface area contributed by atoms with Gasteiger partial charge in [-0.05, 0) is 56.3 Å². The number of aryl methyl sites for hydroxylation is 1. The predicted octanol–water partition coefficient (Wildman–Crippen LogP) is 1.95. The molecule has 0 aliphatic carbocycles. The first-order valence-electron chi connectivity index (χ1n) is 10.5. The molecule has 172 valence electrons. The number of carbonyl (C=O) groups is 2. The first-order chi connectivity index (χ1) is 15.1. The van der Waals surface area contributed by atoms with Gasteiger partial charge in [-0.1, -0.05) is 18.2 Å². The largest absolute Gasteiger partial charge is 0.332 e. The summed E-state index contributed by atoms with van der Waals surface area (Å²) in [5.41, 5.74) is 2.96. The molecule has 0 spiro atoms. The van der Waals surface area contributed by atoms with E-state index in [1.807, 2.05) is 39.1 Å². The van der Waals surface area contributed by atoms with Crippen molar-refractivity contribution in [1.29, 1.82) is 0 Å². The Kier molecular flexibility index (Phi) is 7.33. The van der Waals surface area contributed by atoms with Gasteiger partial charge in [0.05, 0.1) is 11.4 Å². The van der Waals surface area contributed by atoms with Crippen LogP contribution in [0.15, 0.2) is 47.4 Å². The second-order valence-electron chi connectivity index (χ2n) is 8.19. The minimum Gasteiger partial charge on any atom is -0.332 e. The van der Waals surface area contributed by atoms with Gasteiger partial charge >= 0.3 is 0 Å². The summed E-state index contributed by atoms with van der Waals surface area (Å²) < 4.78 is 27.4. The number of anilines is 1. The Bertz CT molecular complexity index is 1110. The third kappa shape index (κ3) is 5.35. The second kappa shape index (κ2) is 9.81. The fourth-order valence-corrected chi connectivity index (χ4v) is 5.02. The Hall–Kier alpha value is -2.75. The molecule has 8 nitrogen and oxygen atoms in total. The number of carbonyl (C=O) groups excluding carboxylic acids is 2. The number of nitrogens with zero attached hydrogens (tertiary/aromatic N) is 3. The van der Waals surface area contributed by atoms with Crippen molar-refractivity contribution in [2.45, 2.75) is 18.7 Å². The second-order valence-corrected chi connectivity index (χ2v) is 10.1. The van der Waals surface area contributed by atoms with Gasteiger partial charge in [0, 0.05) is 44.5 Å². The van der Waals surface area contributed by atoms with E-state index in [9.17, 15) is 18.0 Å². The number of rotatable bonds is 6. The Morgan fingerprint density at radius 1 is 1.03 bits per heavy atom. The average Bonchev–Trinajstić information content (AvgIpc) is 2.76. The van der Waals surface area contributed by atoms with E-state index in [-0.39, 0.29) is 22.9 Å². The average molecular weight is 459 g/mol. The fraction of sp³-hybridized carbons (Fsp3) is 0.391. The van der Waals surface area contributed by atoms with Crippen molar-refractivity contribution in [1.82, 2.24) is 14.1 Å². The number of piperazine rings is 1. The molecule has 1 saturated heterocycles. The zero-order valence-electron chi connectivity index (χ0n) is 19.0. The number of nitrogens with one attached hydrogen (secondary N) is 1. The highest BCUT2D eigenvalue weighted by Crippen LogP contribution is 2.20. The standard InChI is InChI=1S/C23H30N4O4S/c1-17-7-5-10-21(18(17)2)24-22(28)16-26(4)23(29)19-8-6-9-20(15-19)32(30,31)27-13-11-25(3)12-14-27/h5-10,15H,11-14,16H2,1-4H3,(H,24,28). The number of hydrogen-bond acceptors (Lipinski definition) is 5. The van der Waals surface area contributed by atoms with E-state index >= 15 is 0 Å². The first kappa shape index (κ1) is 23.9. The SMILES string of the molecule is Cc1cccc(NC(=O)CN(C)C(=O)c2cccc(S(=O)(=O)N3CCN(C)CC3)c2)c1C. The van der Waals surface area contributed by atoms with Crippen LogP contribution in [0.4, 0.5) is 5.69 Å². The third-order valence-electron chi connectivity index (χ3n) is 5.79. The highest BCUT2D eigenvalue weighted by molar-refractivity contribution is 7.89.